The van der Waals surface area contributed by atoms with Crippen LogP contribution in [0.3, 0.4) is 0 Å². The molecule has 0 unspecified atom stereocenters. The quantitative estimate of drug-likeness (QED) is 0.711. The van der Waals surface area contributed by atoms with E-state index in [9.17, 15) is 4.39 Å². The smallest absolute Gasteiger partial charge is 0.180 e. The molecule has 0 N–H and O–H groups in total. The fourth-order valence-corrected chi connectivity index (χ4v) is 3.40. The molecule has 0 atom stereocenters. The standard InChI is InChI=1S/C21H22FN5/c1-15-16(2)24-20(18-8-5-6-10-23-18)25-21(15)27-13-11-26(12-14-27)19-9-4-3-7-17(19)22/h3-10H,11-14H2,1-2H3. The second-order valence-electron chi connectivity index (χ2n) is 6.72. The molecule has 6 heteroatoms. The Balaban J connectivity index is 1.58. The average Bonchev–Trinajstić information content (AvgIpc) is 2.71. The van der Waals surface area contributed by atoms with Gasteiger partial charge in [-0.05, 0) is 38.1 Å². The van der Waals surface area contributed by atoms with Gasteiger partial charge in [0.25, 0.3) is 0 Å². The predicted molar refractivity (Wildman–Crippen MR) is 106 cm³/mol. The van der Waals surface area contributed by atoms with E-state index in [4.69, 9.17) is 4.98 Å². The zero-order valence-corrected chi connectivity index (χ0v) is 15.6. The molecule has 0 amide bonds. The highest BCUT2D eigenvalue weighted by Crippen LogP contribution is 2.26. The molecule has 1 aromatic carbocycles. The SMILES string of the molecule is Cc1nc(-c2ccccn2)nc(N2CCN(c3ccccc3F)CC2)c1C. The number of hydrogen-bond donors (Lipinski definition) is 0. The third-order valence-electron chi connectivity index (χ3n) is 5.03. The van der Waals surface area contributed by atoms with Crippen LogP contribution in [0.4, 0.5) is 15.9 Å². The van der Waals surface area contributed by atoms with Crippen molar-refractivity contribution in [2.45, 2.75) is 13.8 Å². The van der Waals surface area contributed by atoms with Gasteiger partial charge in [0.1, 0.15) is 17.3 Å². The van der Waals surface area contributed by atoms with Gasteiger partial charge in [-0.2, -0.15) is 0 Å². The third-order valence-corrected chi connectivity index (χ3v) is 5.03. The minimum atomic E-state index is -0.169. The minimum Gasteiger partial charge on any atom is -0.366 e. The molecule has 0 aliphatic carbocycles. The molecule has 3 aromatic rings. The zero-order chi connectivity index (χ0) is 18.8. The van der Waals surface area contributed by atoms with Crippen molar-refractivity contribution in [3.05, 3.63) is 65.7 Å². The molecule has 0 radical (unpaired) electrons. The van der Waals surface area contributed by atoms with Gasteiger partial charge < -0.3 is 9.80 Å². The van der Waals surface area contributed by atoms with Crippen molar-refractivity contribution in [3.8, 4) is 11.5 Å². The van der Waals surface area contributed by atoms with Crippen molar-refractivity contribution >= 4 is 11.5 Å². The monoisotopic (exact) mass is 363 g/mol. The normalized spacial score (nSPS) is 14.5. The number of para-hydroxylation sites is 1. The molecule has 0 spiro atoms. The number of aryl methyl sites for hydroxylation is 1. The van der Waals surface area contributed by atoms with Crippen molar-refractivity contribution < 1.29 is 4.39 Å². The van der Waals surface area contributed by atoms with Gasteiger partial charge in [0.05, 0.1) is 5.69 Å². The summed E-state index contributed by atoms with van der Waals surface area (Å²) in [4.78, 5) is 18.1. The summed E-state index contributed by atoms with van der Waals surface area (Å²) in [5.41, 5.74) is 3.47. The van der Waals surface area contributed by atoms with Crippen LogP contribution < -0.4 is 9.80 Å². The van der Waals surface area contributed by atoms with Crippen LogP contribution >= 0.6 is 0 Å². The summed E-state index contributed by atoms with van der Waals surface area (Å²) in [6.45, 7) is 7.13. The Morgan fingerprint density at radius 2 is 1.56 bits per heavy atom. The van der Waals surface area contributed by atoms with Crippen molar-refractivity contribution in [3.63, 3.8) is 0 Å². The molecule has 3 heterocycles. The number of rotatable bonds is 3. The first-order chi connectivity index (χ1) is 13.1. The van der Waals surface area contributed by atoms with Crippen molar-refractivity contribution in [1.29, 1.82) is 0 Å². The number of nitrogens with zero attached hydrogens (tertiary/aromatic N) is 5. The summed E-state index contributed by atoms with van der Waals surface area (Å²) in [6, 6.07) is 12.7. The largest absolute Gasteiger partial charge is 0.366 e. The summed E-state index contributed by atoms with van der Waals surface area (Å²) in [5.74, 6) is 1.42. The highest BCUT2D eigenvalue weighted by molar-refractivity contribution is 5.58. The molecule has 138 valence electrons. The molecule has 27 heavy (non-hydrogen) atoms. The van der Waals surface area contributed by atoms with Crippen molar-refractivity contribution in [2.75, 3.05) is 36.0 Å². The second-order valence-corrected chi connectivity index (χ2v) is 6.72. The lowest BCUT2D eigenvalue weighted by atomic mass is 10.2. The number of halogens is 1. The lowest BCUT2D eigenvalue weighted by molar-refractivity contribution is 0.595. The van der Waals surface area contributed by atoms with Gasteiger partial charge in [-0.1, -0.05) is 18.2 Å². The number of anilines is 2. The number of benzene rings is 1. The molecule has 1 saturated heterocycles. The van der Waals surface area contributed by atoms with Gasteiger partial charge in [0, 0.05) is 43.6 Å². The first-order valence-corrected chi connectivity index (χ1v) is 9.14. The Kier molecular flexibility index (Phi) is 4.71. The summed E-state index contributed by atoms with van der Waals surface area (Å²) in [6.07, 6.45) is 1.75. The van der Waals surface area contributed by atoms with E-state index in [-0.39, 0.29) is 5.82 Å². The van der Waals surface area contributed by atoms with Crippen LogP contribution in [0.1, 0.15) is 11.3 Å². The lowest BCUT2D eigenvalue weighted by Crippen LogP contribution is -2.47. The van der Waals surface area contributed by atoms with Gasteiger partial charge in [0.2, 0.25) is 0 Å². The fourth-order valence-electron chi connectivity index (χ4n) is 3.40. The van der Waals surface area contributed by atoms with Gasteiger partial charge >= 0.3 is 0 Å². The summed E-state index contributed by atoms with van der Waals surface area (Å²) in [7, 11) is 0. The maximum Gasteiger partial charge on any atom is 0.180 e. The molecular formula is C21H22FN5. The van der Waals surface area contributed by atoms with Crippen LogP contribution in [0, 0.1) is 19.7 Å². The van der Waals surface area contributed by atoms with E-state index in [1.54, 1.807) is 12.3 Å². The summed E-state index contributed by atoms with van der Waals surface area (Å²) in [5, 5.41) is 0. The van der Waals surface area contributed by atoms with Crippen LogP contribution in [0.5, 0.6) is 0 Å². The number of aromatic nitrogens is 3. The molecule has 5 nitrogen and oxygen atoms in total. The van der Waals surface area contributed by atoms with Gasteiger partial charge in [0.15, 0.2) is 5.82 Å². The summed E-state index contributed by atoms with van der Waals surface area (Å²) >= 11 is 0. The van der Waals surface area contributed by atoms with E-state index in [0.29, 0.717) is 11.5 Å². The maximum absolute atomic E-state index is 14.1. The van der Waals surface area contributed by atoms with E-state index >= 15 is 0 Å². The fraction of sp³-hybridized carbons (Fsp3) is 0.286. The molecule has 2 aromatic heterocycles. The third kappa shape index (κ3) is 3.47. The predicted octanol–water partition coefficient (Wildman–Crippen LogP) is 3.62. The molecule has 1 aliphatic rings. The first kappa shape index (κ1) is 17.4. The Bertz CT molecular complexity index is 937. The highest BCUT2D eigenvalue weighted by atomic mass is 19.1. The Morgan fingerprint density at radius 1 is 0.852 bits per heavy atom. The molecular weight excluding hydrogens is 341 g/mol. The van der Waals surface area contributed by atoms with E-state index in [0.717, 1.165) is 48.9 Å². The van der Waals surface area contributed by atoms with Crippen LogP contribution in [-0.2, 0) is 0 Å². The van der Waals surface area contributed by atoms with Gasteiger partial charge in [-0.15, -0.1) is 0 Å². The number of piperazine rings is 1. The topological polar surface area (TPSA) is 45.2 Å². The van der Waals surface area contributed by atoms with Crippen LogP contribution in [-0.4, -0.2) is 41.1 Å². The van der Waals surface area contributed by atoms with Crippen molar-refractivity contribution in [1.82, 2.24) is 15.0 Å². The van der Waals surface area contributed by atoms with Crippen LogP contribution in [0.25, 0.3) is 11.5 Å². The molecule has 0 saturated carbocycles. The van der Waals surface area contributed by atoms with E-state index in [1.165, 1.54) is 6.07 Å². The molecule has 1 fully saturated rings. The summed E-state index contributed by atoms with van der Waals surface area (Å²) < 4.78 is 14.1. The average molecular weight is 363 g/mol. The zero-order valence-electron chi connectivity index (χ0n) is 15.6. The van der Waals surface area contributed by atoms with E-state index < -0.39 is 0 Å². The van der Waals surface area contributed by atoms with E-state index in [1.807, 2.05) is 37.3 Å². The highest BCUT2D eigenvalue weighted by Gasteiger charge is 2.23. The molecule has 1 aliphatic heterocycles. The van der Waals surface area contributed by atoms with Crippen LogP contribution in [0.2, 0.25) is 0 Å². The lowest BCUT2D eigenvalue weighted by Gasteiger charge is -2.37. The first-order valence-electron chi connectivity index (χ1n) is 9.14. The molecule has 0 bridgehead atoms. The van der Waals surface area contributed by atoms with Crippen LogP contribution in [0.15, 0.2) is 48.7 Å². The Morgan fingerprint density at radius 3 is 2.26 bits per heavy atom. The second kappa shape index (κ2) is 7.31. The maximum atomic E-state index is 14.1. The minimum absolute atomic E-state index is 0.169. The Labute approximate surface area is 158 Å². The van der Waals surface area contributed by atoms with Crippen molar-refractivity contribution in [2.24, 2.45) is 0 Å². The molecule has 4 rings (SSSR count). The van der Waals surface area contributed by atoms with Gasteiger partial charge in [-0.3, -0.25) is 4.98 Å². The Hall–Kier alpha value is -3.02. The number of pyridine rings is 1. The number of hydrogen-bond acceptors (Lipinski definition) is 5. The van der Waals surface area contributed by atoms with Gasteiger partial charge in [-0.25, -0.2) is 14.4 Å². The van der Waals surface area contributed by atoms with E-state index in [2.05, 4.69) is 26.7 Å².